The zero-order valence-corrected chi connectivity index (χ0v) is 15.1. The zero-order chi connectivity index (χ0) is 18.1. The van der Waals surface area contributed by atoms with Crippen molar-refractivity contribution in [3.63, 3.8) is 0 Å². The summed E-state index contributed by atoms with van der Waals surface area (Å²) in [5, 5.41) is 2.97. The number of carbonyl (C=O) groups is 2. The quantitative estimate of drug-likeness (QED) is 0.915. The fraction of sp³-hybridized carbons (Fsp3) is 0.364. The maximum Gasteiger partial charge on any atom is 0.227 e. The molecule has 4 nitrogen and oxygen atoms in total. The highest BCUT2D eigenvalue weighted by Gasteiger charge is 2.28. The van der Waals surface area contributed by atoms with Crippen molar-refractivity contribution in [2.75, 3.05) is 16.8 Å². The summed E-state index contributed by atoms with van der Waals surface area (Å²) in [7, 11) is 0. The van der Waals surface area contributed by atoms with Gasteiger partial charge in [-0.2, -0.15) is 0 Å². The molecule has 1 atom stereocenters. The Balaban J connectivity index is 1.43. The molecule has 0 saturated heterocycles. The van der Waals surface area contributed by atoms with Crippen molar-refractivity contribution >= 4 is 23.2 Å². The molecule has 4 rings (SSSR count). The number of hydrogen-bond donors (Lipinski definition) is 1. The number of amides is 2. The molecule has 2 aliphatic rings. The van der Waals surface area contributed by atoms with Gasteiger partial charge in [0.2, 0.25) is 11.8 Å². The van der Waals surface area contributed by atoms with E-state index in [9.17, 15) is 9.59 Å². The van der Waals surface area contributed by atoms with E-state index in [4.69, 9.17) is 0 Å². The fourth-order valence-corrected chi connectivity index (χ4v) is 4.06. The van der Waals surface area contributed by atoms with Crippen LogP contribution in [0.2, 0.25) is 0 Å². The van der Waals surface area contributed by atoms with Crippen LogP contribution in [-0.2, 0) is 22.4 Å². The number of para-hydroxylation sites is 1. The monoisotopic (exact) mass is 348 g/mol. The zero-order valence-electron chi connectivity index (χ0n) is 15.1. The number of hydrogen-bond acceptors (Lipinski definition) is 2. The molecule has 0 radical (unpaired) electrons. The van der Waals surface area contributed by atoms with E-state index >= 15 is 0 Å². The lowest BCUT2D eigenvalue weighted by molar-refractivity contribution is -0.121. The molecule has 2 aromatic rings. The summed E-state index contributed by atoms with van der Waals surface area (Å²) < 4.78 is 0. The van der Waals surface area contributed by atoms with Crippen LogP contribution in [0.15, 0.2) is 42.5 Å². The first-order valence-electron chi connectivity index (χ1n) is 9.40. The second-order valence-corrected chi connectivity index (χ2v) is 7.37. The first-order chi connectivity index (χ1) is 12.6. The molecule has 0 aliphatic carbocycles. The first kappa shape index (κ1) is 16.8. The predicted molar refractivity (Wildman–Crippen MR) is 103 cm³/mol. The number of anilines is 2. The molecule has 134 valence electrons. The maximum atomic E-state index is 12.8. The highest BCUT2D eigenvalue weighted by atomic mass is 16.2. The molecule has 2 amide bonds. The van der Waals surface area contributed by atoms with Gasteiger partial charge in [-0.1, -0.05) is 35.9 Å². The van der Waals surface area contributed by atoms with Crippen LogP contribution in [0.1, 0.15) is 36.0 Å². The predicted octanol–water partition coefficient (Wildman–Crippen LogP) is 3.87. The van der Waals surface area contributed by atoms with Crippen LogP contribution in [0.3, 0.4) is 0 Å². The molecule has 0 bridgehead atoms. The third kappa shape index (κ3) is 3.24. The Morgan fingerprint density at radius 2 is 2.04 bits per heavy atom. The van der Waals surface area contributed by atoms with Gasteiger partial charge in [0.1, 0.15) is 0 Å². The molecule has 0 spiro atoms. The Morgan fingerprint density at radius 1 is 1.19 bits per heavy atom. The number of nitrogens with one attached hydrogen (secondary N) is 1. The molecule has 0 fully saturated rings. The Bertz CT molecular complexity index is 859. The van der Waals surface area contributed by atoms with Crippen LogP contribution in [0.5, 0.6) is 0 Å². The summed E-state index contributed by atoms with van der Waals surface area (Å²) >= 11 is 0. The lowest BCUT2D eigenvalue weighted by atomic mass is 9.89. The Kier molecular flexibility index (Phi) is 4.49. The summed E-state index contributed by atoms with van der Waals surface area (Å²) in [4.78, 5) is 27.1. The third-order valence-electron chi connectivity index (χ3n) is 5.47. The van der Waals surface area contributed by atoms with Crippen molar-refractivity contribution in [3.05, 3.63) is 59.2 Å². The van der Waals surface area contributed by atoms with E-state index in [1.54, 1.807) is 0 Å². The molecule has 1 unspecified atom stereocenters. The van der Waals surface area contributed by atoms with E-state index in [1.807, 2.05) is 29.2 Å². The first-order valence-corrected chi connectivity index (χ1v) is 9.40. The van der Waals surface area contributed by atoms with Crippen LogP contribution >= 0.6 is 0 Å². The minimum Gasteiger partial charge on any atom is -0.326 e. The van der Waals surface area contributed by atoms with E-state index in [0.717, 1.165) is 36.3 Å². The summed E-state index contributed by atoms with van der Waals surface area (Å²) in [6.07, 6.45) is 3.75. The van der Waals surface area contributed by atoms with Crippen LogP contribution in [0.25, 0.3) is 0 Å². The van der Waals surface area contributed by atoms with Gasteiger partial charge >= 0.3 is 0 Å². The van der Waals surface area contributed by atoms with Crippen molar-refractivity contribution in [2.24, 2.45) is 5.92 Å². The number of rotatable bonds is 3. The highest BCUT2D eigenvalue weighted by Crippen LogP contribution is 2.31. The molecular weight excluding hydrogens is 324 g/mol. The molecule has 4 heteroatoms. The van der Waals surface area contributed by atoms with Crippen molar-refractivity contribution in [1.29, 1.82) is 0 Å². The van der Waals surface area contributed by atoms with E-state index in [0.29, 0.717) is 19.3 Å². The average molecular weight is 348 g/mol. The summed E-state index contributed by atoms with van der Waals surface area (Å²) in [5.74, 6) is 0.0313. The summed E-state index contributed by atoms with van der Waals surface area (Å²) in [6, 6.07) is 14.2. The van der Waals surface area contributed by atoms with Gasteiger partial charge in [-0.05, 0) is 55.9 Å². The SMILES string of the molecule is Cc1ccc2c(c1)CCCN2C(=O)CCC1Cc2ccccc2NC1=O. The van der Waals surface area contributed by atoms with Gasteiger partial charge in [0.15, 0.2) is 0 Å². The molecule has 2 aromatic carbocycles. The van der Waals surface area contributed by atoms with Crippen molar-refractivity contribution < 1.29 is 9.59 Å². The van der Waals surface area contributed by atoms with Gasteiger partial charge in [-0.15, -0.1) is 0 Å². The van der Waals surface area contributed by atoms with E-state index in [-0.39, 0.29) is 17.7 Å². The van der Waals surface area contributed by atoms with Gasteiger partial charge in [0.25, 0.3) is 0 Å². The lowest BCUT2D eigenvalue weighted by Gasteiger charge is -2.31. The number of fused-ring (bicyclic) bond motifs is 2. The third-order valence-corrected chi connectivity index (χ3v) is 5.47. The standard InChI is InChI=1S/C22H24N2O2/c1-15-8-10-20-17(13-15)6-4-12-24(20)21(25)11-9-18-14-16-5-2-3-7-19(16)23-22(18)26/h2-3,5,7-8,10,13,18H,4,6,9,11-12,14H2,1H3,(H,23,26). The van der Waals surface area contributed by atoms with Gasteiger partial charge in [-0.3, -0.25) is 9.59 Å². The van der Waals surface area contributed by atoms with Gasteiger partial charge in [0.05, 0.1) is 0 Å². The van der Waals surface area contributed by atoms with E-state index in [2.05, 4.69) is 30.4 Å². The van der Waals surface area contributed by atoms with Gasteiger partial charge in [0, 0.05) is 30.3 Å². The molecular formula is C22H24N2O2. The second-order valence-electron chi connectivity index (χ2n) is 7.37. The smallest absolute Gasteiger partial charge is 0.227 e. The topological polar surface area (TPSA) is 49.4 Å². The van der Waals surface area contributed by atoms with Crippen LogP contribution in [0.4, 0.5) is 11.4 Å². The van der Waals surface area contributed by atoms with Crippen LogP contribution in [-0.4, -0.2) is 18.4 Å². The van der Waals surface area contributed by atoms with Crippen LogP contribution < -0.4 is 10.2 Å². The minimum absolute atomic E-state index is 0.0335. The molecule has 0 saturated carbocycles. The summed E-state index contributed by atoms with van der Waals surface area (Å²) in [6.45, 7) is 2.86. The van der Waals surface area contributed by atoms with Crippen molar-refractivity contribution in [3.8, 4) is 0 Å². The van der Waals surface area contributed by atoms with E-state index < -0.39 is 0 Å². The van der Waals surface area contributed by atoms with Crippen molar-refractivity contribution in [1.82, 2.24) is 0 Å². The molecule has 0 aromatic heterocycles. The van der Waals surface area contributed by atoms with Gasteiger partial charge in [-0.25, -0.2) is 0 Å². The fourth-order valence-electron chi connectivity index (χ4n) is 4.06. The normalized spacial score (nSPS) is 18.7. The molecule has 2 aliphatic heterocycles. The van der Waals surface area contributed by atoms with Crippen LogP contribution in [0, 0.1) is 12.8 Å². The highest BCUT2D eigenvalue weighted by molar-refractivity contribution is 5.97. The largest absolute Gasteiger partial charge is 0.326 e. The molecule has 2 heterocycles. The number of aryl methyl sites for hydroxylation is 2. The molecule has 1 N–H and O–H groups in total. The summed E-state index contributed by atoms with van der Waals surface area (Å²) in [5.41, 5.74) is 5.60. The maximum absolute atomic E-state index is 12.8. The number of benzene rings is 2. The van der Waals surface area contributed by atoms with Crippen molar-refractivity contribution in [2.45, 2.75) is 39.0 Å². The molecule has 26 heavy (non-hydrogen) atoms. The minimum atomic E-state index is -0.129. The number of carbonyl (C=O) groups excluding carboxylic acids is 2. The second kappa shape index (κ2) is 6.94. The lowest BCUT2D eigenvalue weighted by Crippen LogP contribution is -2.37. The average Bonchev–Trinajstić information content (AvgIpc) is 2.65. The van der Waals surface area contributed by atoms with Gasteiger partial charge < -0.3 is 10.2 Å². The Labute approximate surface area is 154 Å². The Morgan fingerprint density at radius 3 is 2.92 bits per heavy atom. The Hall–Kier alpha value is -2.62. The van der Waals surface area contributed by atoms with E-state index in [1.165, 1.54) is 11.1 Å². The number of nitrogens with zero attached hydrogens (tertiary/aromatic N) is 1.